The molecule has 0 saturated carbocycles. The number of pyridine rings is 1. The molecule has 2 aliphatic rings. The van der Waals surface area contributed by atoms with Gasteiger partial charge in [-0.25, -0.2) is 8.42 Å². The Kier molecular flexibility index (Phi) is 8.89. The summed E-state index contributed by atoms with van der Waals surface area (Å²) in [5.41, 5.74) is 3.47. The van der Waals surface area contributed by atoms with Crippen molar-refractivity contribution >= 4 is 15.9 Å². The van der Waals surface area contributed by atoms with Crippen molar-refractivity contribution in [2.75, 3.05) is 25.5 Å². The van der Waals surface area contributed by atoms with Crippen LogP contribution in [-0.2, 0) is 43.9 Å². The van der Waals surface area contributed by atoms with E-state index in [2.05, 4.69) is 15.3 Å². The van der Waals surface area contributed by atoms with E-state index in [1.807, 2.05) is 50.2 Å². The molecule has 2 saturated heterocycles. The van der Waals surface area contributed by atoms with Crippen LogP contribution in [0.2, 0.25) is 0 Å². The summed E-state index contributed by atoms with van der Waals surface area (Å²) < 4.78 is 41.2. The van der Waals surface area contributed by atoms with Gasteiger partial charge in [0.05, 0.1) is 31.7 Å². The van der Waals surface area contributed by atoms with Crippen molar-refractivity contribution in [3.8, 4) is 11.1 Å². The average Bonchev–Trinajstić information content (AvgIpc) is 3.39. The second kappa shape index (κ2) is 12.5. The molecule has 0 aliphatic carbocycles. The van der Waals surface area contributed by atoms with Crippen LogP contribution in [0.5, 0.6) is 0 Å². The van der Waals surface area contributed by atoms with Crippen LogP contribution >= 0.6 is 0 Å². The molecule has 0 spiro atoms. The first-order chi connectivity index (χ1) is 19.3. The molecule has 12 heteroatoms. The van der Waals surface area contributed by atoms with Crippen LogP contribution in [0, 0.1) is 5.92 Å². The zero-order chi connectivity index (χ0) is 28.1. The van der Waals surface area contributed by atoms with E-state index in [0.29, 0.717) is 31.9 Å². The lowest BCUT2D eigenvalue weighted by Gasteiger charge is -2.32. The van der Waals surface area contributed by atoms with Crippen LogP contribution < -0.4 is 0 Å². The molecule has 1 aromatic carbocycles. The summed E-state index contributed by atoms with van der Waals surface area (Å²) in [7, 11) is -3.70. The van der Waals surface area contributed by atoms with Crippen molar-refractivity contribution < 1.29 is 22.7 Å². The molecule has 2 fully saturated rings. The van der Waals surface area contributed by atoms with Gasteiger partial charge in [-0.3, -0.25) is 14.5 Å². The van der Waals surface area contributed by atoms with Crippen molar-refractivity contribution in [3.05, 3.63) is 66.2 Å². The van der Waals surface area contributed by atoms with Crippen LogP contribution in [0.3, 0.4) is 0 Å². The SMILES string of the molecule is CC(C)C1C(=O)N(Cc2cn(CCC3OCCCO3)nn2)CCS(=O)(=O)N1Cc1ccc(-c2ccncc2)cc1. The zero-order valence-electron chi connectivity index (χ0n) is 22.9. The smallest absolute Gasteiger partial charge is 0.241 e. The third-order valence-corrected chi connectivity index (χ3v) is 8.99. The number of hydrogen-bond acceptors (Lipinski definition) is 8. The number of amides is 1. The summed E-state index contributed by atoms with van der Waals surface area (Å²) >= 11 is 0. The highest BCUT2D eigenvalue weighted by atomic mass is 32.2. The molecule has 0 N–H and O–H groups in total. The van der Waals surface area contributed by atoms with Gasteiger partial charge < -0.3 is 14.4 Å². The first kappa shape index (κ1) is 28.3. The van der Waals surface area contributed by atoms with Crippen molar-refractivity contribution in [2.24, 2.45) is 5.92 Å². The molecular formula is C28H36N6O5S. The van der Waals surface area contributed by atoms with E-state index in [1.54, 1.807) is 28.2 Å². The third kappa shape index (κ3) is 6.74. The number of hydrogen-bond donors (Lipinski definition) is 0. The zero-order valence-corrected chi connectivity index (χ0v) is 23.7. The van der Waals surface area contributed by atoms with E-state index >= 15 is 0 Å². The number of benzene rings is 1. The normalized spacial score (nSPS) is 20.6. The highest BCUT2D eigenvalue weighted by Crippen LogP contribution is 2.26. The number of aromatic nitrogens is 4. The quantitative estimate of drug-likeness (QED) is 0.387. The Morgan fingerprint density at radius 3 is 2.40 bits per heavy atom. The maximum atomic E-state index is 13.8. The van der Waals surface area contributed by atoms with E-state index in [9.17, 15) is 13.2 Å². The third-order valence-electron chi connectivity index (χ3n) is 7.22. The predicted octanol–water partition coefficient (Wildman–Crippen LogP) is 2.69. The van der Waals surface area contributed by atoms with Crippen molar-refractivity contribution in [1.29, 1.82) is 0 Å². The highest BCUT2D eigenvalue weighted by molar-refractivity contribution is 7.89. The first-order valence-electron chi connectivity index (χ1n) is 13.7. The molecule has 11 nitrogen and oxygen atoms in total. The van der Waals surface area contributed by atoms with Crippen LogP contribution in [0.4, 0.5) is 0 Å². The number of rotatable bonds is 9. The van der Waals surface area contributed by atoms with Gasteiger partial charge in [-0.15, -0.1) is 5.10 Å². The second-order valence-corrected chi connectivity index (χ2v) is 12.6. The Bertz CT molecular complexity index is 1370. The molecule has 3 aromatic rings. The van der Waals surface area contributed by atoms with Crippen LogP contribution in [0.1, 0.15) is 37.9 Å². The molecule has 5 rings (SSSR count). The molecule has 214 valence electrons. The van der Waals surface area contributed by atoms with Crippen molar-refractivity contribution in [2.45, 2.75) is 58.7 Å². The number of carbonyl (C=O) groups is 1. The molecule has 2 aromatic heterocycles. The van der Waals surface area contributed by atoms with Gasteiger partial charge in [0.2, 0.25) is 15.9 Å². The lowest BCUT2D eigenvalue weighted by molar-refractivity contribution is -0.182. The van der Waals surface area contributed by atoms with E-state index < -0.39 is 16.1 Å². The van der Waals surface area contributed by atoms with Crippen LogP contribution in [-0.4, -0.2) is 81.4 Å². The highest BCUT2D eigenvalue weighted by Gasteiger charge is 2.42. The summed E-state index contributed by atoms with van der Waals surface area (Å²) in [5.74, 6) is -0.588. The summed E-state index contributed by atoms with van der Waals surface area (Å²) in [6.07, 6.45) is 6.57. The molecule has 0 radical (unpaired) electrons. The Balaban J connectivity index is 1.28. The monoisotopic (exact) mass is 568 g/mol. The predicted molar refractivity (Wildman–Crippen MR) is 148 cm³/mol. The average molecular weight is 569 g/mol. The molecule has 40 heavy (non-hydrogen) atoms. The number of sulfonamides is 1. The Morgan fingerprint density at radius 1 is 1.00 bits per heavy atom. The lowest BCUT2D eigenvalue weighted by Crippen LogP contribution is -2.49. The Labute approximate surface area is 235 Å². The van der Waals surface area contributed by atoms with Crippen molar-refractivity contribution in [3.63, 3.8) is 0 Å². The van der Waals surface area contributed by atoms with Gasteiger partial charge in [-0.05, 0) is 41.2 Å². The van der Waals surface area contributed by atoms with Crippen LogP contribution in [0.25, 0.3) is 11.1 Å². The summed E-state index contributed by atoms with van der Waals surface area (Å²) in [6.45, 7) is 6.14. The fourth-order valence-electron chi connectivity index (χ4n) is 5.09. The van der Waals surface area contributed by atoms with Gasteiger partial charge in [0.15, 0.2) is 6.29 Å². The Morgan fingerprint density at radius 2 is 1.70 bits per heavy atom. The van der Waals surface area contributed by atoms with E-state index in [4.69, 9.17) is 9.47 Å². The second-order valence-electron chi connectivity index (χ2n) is 10.5. The van der Waals surface area contributed by atoms with Gasteiger partial charge in [0.1, 0.15) is 11.7 Å². The molecule has 1 amide bonds. The number of aryl methyl sites for hydroxylation is 1. The maximum absolute atomic E-state index is 13.8. The van der Waals surface area contributed by atoms with Gasteiger partial charge in [-0.1, -0.05) is 43.3 Å². The molecular weight excluding hydrogens is 532 g/mol. The van der Waals surface area contributed by atoms with Gasteiger partial charge >= 0.3 is 0 Å². The van der Waals surface area contributed by atoms with Gasteiger partial charge in [-0.2, -0.15) is 4.31 Å². The van der Waals surface area contributed by atoms with E-state index in [1.165, 1.54) is 4.31 Å². The van der Waals surface area contributed by atoms with Crippen LogP contribution in [0.15, 0.2) is 55.0 Å². The van der Waals surface area contributed by atoms with Gasteiger partial charge in [0.25, 0.3) is 0 Å². The number of carbonyl (C=O) groups excluding carboxylic acids is 1. The number of ether oxygens (including phenoxy) is 2. The fraction of sp³-hybridized carbons (Fsp3) is 0.500. The van der Waals surface area contributed by atoms with Gasteiger partial charge in [0, 0.05) is 38.4 Å². The standard InChI is InChI=1S/C28H36N6O5S/c1-21(2)27-28(35)32(19-25-20-33(31-30-25)13-10-26-38-15-3-16-39-26)14-17-40(36,37)34(27)18-22-4-6-23(7-5-22)24-8-11-29-12-9-24/h4-9,11-12,20-21,26-27H,3,10,13-19H2,1-2H3. The summed E-state index contributed by atoms with van der Waals surface area (Å²) in [5, 5.41) is 8.42. The molecule has 4 heterocycles. The minimum Gasteiger partial charge on any atom is -0.353 e. The molecule has 2 aliphatic heterocycles. The summed E-state index contributed by atoms with van der Waals surface area (Å²) in [4.78, 5) is 19.4. The summed E-state index contributed by atoms with van der Waals surface area (Å²) in [6, 6.07) is 10.8. The molecule has 1 atom stereocenters. The maximum Gasteiger partial charge on any atom is 0.241 e. The topological polar surface area (TPSA) is 120 Å². The molecule has 1 unspecified atom stereocenters. The lowest BCUT2D eigenvalue weighted by atomic mass is 10.0. The Hall–Kier alpha value is -3.19. The fourth-order valence-corrected chi connectivity index (χ4v) is 6.80. The molecule has 0 bridgehead atoms. The number of nitrogens with zero attached hydrogens (tertiary/aromatic N) is 6. The first-order valence-corrected chi connectivity index (χ1v) is 15.3. The van der Waals surface area contributed by atoms with E-state index in [-0.39, 0.29) is 43.5 Å². The largest absolute Gasteiger partial charge is 0.353 e. The van der Waals surface area contributed by atoms with E-state index in [0.717, 1.165) is 23.1 Å². The minimum atomic E-state index is -3.70. The van der Waals surface area contributed by atoms with Crippen molar-refractivity contribution in [1.82, 2.24) is 29.2 Å². The minimum absolute atomic E-state index is 0.0957.